The first-order valence-corrected chi connectivity index (χ1v) is 13.8. The third-order valence-corrected chi connectivity index (χ3v) is 6.00. The van der Waals surface area contributed by atoms with Crippen LogP contribution in [0.2, 0.25) is 0 Å². The predicted molar refractivity (Wildman–Crippen MR) is 170 cm³/mol. The summed E-state index contributed by atoms with van der Waals surface area (Å²) in [6.07, 6.45) is 6.89. The van der Waals surface area contributed by atoms with Gasteiger partial charge in [0.05, 0.1) is 36.1 Å². The lowest BCUT2D eigenvalue weighted by Crippen LogP contribution is -2.29. The van der Waals surface area contributed by atoms with Crippen LogP contribution in [0.5, 0.6) is 5.75 Å². The molecule has 4 aromatic rings. The van der Waals surface area contributed by atoms with E-state index in [0.29, 0.717) is 23.1 Å². The summed E-state index contributed by atoms with van der Waals surface area (Å²) in [5.74, 6) is 0.668. The monoisotopic (exact) mass is 563 g/mol. The lowest BCUT2D eigenvalue weighted by Gasteiger charge is -2.26. The highest BCUT2D eigenvalue weighted by atomic mass is 16.5. The number of nitrogens with zero attached hydrogens (tertiary/aromatic N) is 7. The molecular formula is C30H45N9O2. The number of hydrogen-bond acceptors (Lipinski definition) is 8. The Morgan fingerprint density at radius 1 is 1.07 bits per heavy atom. The number of hydrogen-bond donors (Lipinski definition) is 2. The SMILES string of the molecule is C=CC(=O)Nc1cc(Nc2nc(-c3cnn(C)c3)c3ccn(C)c3n2)c(OC)cc1N(C)CCN(C)C.CC.CC. The number of nitrogens with one attached hydrogen (secondary N) is 2. The number of anilines is 4. The Kier molecular flexibility index (Phi) is 12.3. The van der Waals surface area contributed by atoms with Gasteiger partial charge in [-0.2, -0.15) is 10.1 Å². The smallest absolute Gasteiger partial charge is 0.247 e. The average molecular weight is 564 g/mol. The number of aryl methyl sites for hydroxylation is 2. The van der Waals surface area contributed by atoms with Crippen LogP contribution in [0.25, 0.3) is 22.3 Å². The fraction of sp³-hybridized carbons (Fsp3) is 0.400. The molecule has 0 bridgehead atoms. The molecule has 1 amide bonds. The van der Waals surface area contributed by atoms with Gasteiger partial charge < -0.3 is 29.7 Å². The van der Waals surface area contributed by atoms with Crippen LogP contribution in [-0.2, 0) is 18.9 Å². The number of ether oxygens (including phenoxy) is 1. The van der Waals surface area contributed by atoms with E-state index in [0.717, 1.165) is 41.1 Å². The fourth-order valence-electron chi connectivity index (χ4n) is 3.98. The van der Waals surface area contributed by atoms with Gasteiger partial charge in [-0.25, -0.2) is 4.98 Å². The molecule has 4 rings (SSSR count). The van der Waals surface area contributed by atoms with Crippen LogP contribution in [0.15, 0.2) is 49.4 Å². The van der Waals surface area contributed by atoms with E-state index in [-0.39, 0.29) is 5.91 Å². The summed E-state index contributed by atoms with van der Waals surface area (Å²) in [5.41, 5.74) is 4.46. The largest absolute Gasteiger partial charge is 0.494 e. The molecule has 222 valence electrons. The normalized spacial score (nSPS) is 10.3. The highest BCUT2D eigenvalue weighted by Gasteiger charge is 2.18. The number of rotatable bonds is 10. The van der Waals surface area contributed by atoms with Crippen LogP contribution >= 0.6 is 0 Å². The van der Waals surface area contributed by atoms with Crippen LogP contribution in [-0.4, -0.2) is 76.5 Å². The molecule has 2 N–H and O–H groups in total. The molecule has 3 aromatic heterocycles. The molecule has 11 nitrogen and oxygen atoms in total. The van der Waals surface area contributed by atoms with E-state index in [9.17, 15) is 4.79 Å². The van der Waals surface area contributed by atoms with Crippen molar-refractivity contribution in [1.82, 2.24) is 29.2 Å². The number of carbonyl (C=O) groups excluding carboxylic acids is 1. The van der Waals surface area contributed by atoms with Crippen molar-refractivity contribution in [2.24, 2.45) is 14.1 Å². The quantitative estimate of drug-likeness (QED) is 0.251. The molecule has 0 spiro atoms. The summed E-state index contributed by atoms with van der Waals surface area (Å²) in [6, 6.07) is 5.70. The number of carbonyl (C=O) groups is 1. The van der Waals surface area contributed by atoms with Gasteiger partial charge in [-0.05, 0) is 32.3 Å². The number of aromatic nitrogens is 5. The Hall–Kier alpha value is -4.38. The second-order valence-corrected chi connectivity index (χ2v) is 9.08. The Morgan fingerprint density at radius 3 is 2.37 bits per heavy atom. The third-order valence-electron chi connectivity index (χ3n) is 6.00. The van der Waals surface area contributed by atoms with Crippen LogP contribution in [0.4, 0.5) is 23.0 Å². The Labute approximate surface area is 243 Å². The first-order valence-electron chi connectivity index (χ1n) is 13.8. The summed E-state index contributed by atoms with van der Waals surface area (Å²) >= 11 is 0. The first kappa shape index (κ1) is 32.8. The van der Waals surface area contributed by atoms with Crippen molar-refractivity contribution in [1.29, 1.82) is 0 Å². The number of benzene rings is 1. The number of fused-ring (bicyclic) bond motifs is 1. The summed E-state index contributed by atoms with van der Waals surface area (Å²) in [5, 5.41) is 11.4. The maximum absolute atomic E-state index is 12.3. The van der Waals surface area contributed by atoms with Crippen LogP contribution in [0.1, 0.15) is 27.7 Å². The maximum Gasteiger partial charge on any atom is 0.247 e. The van der Waals surface area contributed by atoms with E-state index < -0.39 is 0 Å². The van der Waals surface area contributed by atoms with Gasteiger partial charge in [-0.1, -0.05) is 34.3 Å². The summed E-state index contributed by atoms with van der Waals surface area (Å²) < 4.78 is 9.41. The number of amides is 1. The Morgan fingerprint density at radius 2 is 1.78 bits per heavy atom. The van der Waals surface area contributed by atoms with Gasteiger partial charge in [0.1, 0.15) is 11.4 Å². The lowest BCUT2D eigenvalue weighted by atomic mass is 10.2. The van der Waals surface area contributed by atoms with Gasteiger partial charge in [0, 0.05) is 63.6 Å². The zero-order chi connectivity index (χ0) is 30.7. The molecule has 0 aliphatic heterocycles. The topological polar surface area (TPSA) is 105 Å². The maximum atomic E-state index is 12.3. The summed E-state index contributed by atoms with van der Waals surface area (Å²) in [4.78, 5) is 26.0. The molecule has 0 saturated heterocycles. The van der Waals surface area contributed by atoms with Gasteiger partial charge >= 0.3 is 0 Å². The van der Waals surface area contributed by atoms with Crippen molar-refractivity contribution in [2.75, 3.05) is 56.9 Å². The van der Waals surface area contributed by atoms with E-state index in [1.54, 1.807) is 18.0 Å². The van der Waals surface area contributed by atoms with Gasteiger partial charge in [-0.3, -0.25) is 9.48 Å². The minimum absolute atomic E-state index is 0.307. The van der Waals surface area contributed by atoms with Gasteiger partial charge in [-0.15, -0.1) is 0 Å². The van der Waals surface area contributed by atoms with Crippen molar-refractivity contribution in [2.45, 2.75) is 27.7 Å². The van der Waals surface area contributed by atoms with E-state index in [4.69, 9.17) is 14.7 Å². The Bertz CT molecular complexity index is 1440. The predicted octanol–water partition coefficient (Wildman–Crippen LogP) is 5.30. The van der Waals surface area contributed by atoms with E-state index in [2.05, 4.69) is 32.1 Å². The highest BCUT2D eigenvalue weighted by Crippen LogP contribution is 2.38. The van der Waals surface area contributed by atoms with Gasteiger partial charge in [0.2, 0.25) is 11.9 Å². The molecule has 1 aromatic carbocycles. The van der Waals surface area contributed by atoms with Crippen molar-refractivity contribution in [3.05, 3.63) is 49.4 Å². The molecule has 0 atom stereocenters. The van der Waals surface area contributed by atoms with Crippen molar-refractivity contribution in [3.63, 3.8) is 0 Å². The molecule has 0 saturated carbocycles. The van der Waals surface area contributed by atoms with Crippen LogP contribution in [0.3, 0.4) is 0 Å². The van der Waals surface area contributed by atoms with Crippen LogP contribution < -0.4 is 20.3 Å². The Balaban J connectivity index is 0.00000141. The van der Waals surface area contributed by atoms with Crippen molar-refractivity contribution >= 4 is 40.0 Å². The zero-order valence-corrected chi connectivity index (χ0v) is 26.1. The van der Waals surface area contributed by atoms with E-state index in [1.165, 1.54) is 6.08 Å². The molecule has 41 heavy (non-hydrogen) atoms. The fourth-order valence-corrected chi connectivity index (χ4v) is 3.98. The second-order valence-electron chi connectivity index (χ2n) is 9.08. The molecule has 0 aliphatic rings. The lowest BCUT2D eigenvalue weighted by molar-refractivity contribution is -0.111. The average Bonchev–Trinajstić information content (AvgIpc) is 3.58. The van der Waals surface area contributed by atoms with E-state index in [1.807, 2.05) is 98.1 Å². The van der Waals surface area contributed by atoms with E-state index >= 15 is 0 Å². The third kappa shape index (κ3) is 8.07. The second kappa shape index (κ2) is 15.4. The number of likely N-dealkylation sites (N-methyl/N-ethyl adjacent to an activating group) is 2. The molecule has 11 heteroatoms. The molecule has 3 heterocycles. The van der Waals surface area contributed by atoms with Crippen molar-refractivity contribution in [3.8, 4) is 17.0 Å². The molecular weight excluding hydrogens is 518 g/mol. The minimum atomic E-state index is -0.307. The standard InChI is InChI=1S/C26H33N9O2.2C2H6/c1-8-23(36)28-19-13-20(22(37-7)14-21(19)33(4)12-11-32(2)3)29-26-30-24(17-15-27-35(6)16-17)18-9-10-34(5)25(18)31-26;2*1-2/h8-10,13-16H,1,11-12H2,2-7H3,(H,28,36)(H,29,30,31);2*1-2H3. The highest BCUT2D eigenvalue weighted by molar-refractivity contribution is 6.02. The molecule has 0 unspecified atom stereocenters. The first-order chi connectivity index (χ1) is 19.7. The number of methoxy groups -OCH3 is 1. The van der Waals surface area contributed by atoms with Crippen molar-refractivity contribution < 1.29 is 9.53 Å². The summed E-state index contributed by atoms with van der Waals surface area (Å²) in [7, 11) is 11.4. The molecule has 0 aliphatic carbocycles. The minimum Gasteiger partial charge on any atom is -0.494 e. The summed E-state index contributed by atoms with van der Waals surface area (Å²) in [6.45, 7) is 13.2. The zero-order valence-electron chi connectivity index (χ0n) is 26.1. The van der Waals surface area contributed by atoms with Gasteiger partial charge in [0.15, 0.2) is 0 Å². The van der Waals surface area contributed by atoms with Gasteiger partial charge in [0.25, 0.3) is 0 Å². The van der Waals surface area contributed by atoms with Crippen LogP contribution in [0, 0.1) is 0 Å². The molecule has 0 fully saturated rings. The molecule has 0 radical (unpaired) electrons.